The Kier molecular flexibility index (Phi) is 5.26. The van der Waals surface area contributed by atoms with Crippen LogP contribution in [0.5, 0.6) is 5.75 Å². The van der Waals surface area contributed by atoms with Crippen molar-refractivity contribution in [3.05, 3.63) is 70.0 Å². The predicted molar refractivity (Wildman–Crippen MR) is 96.3 cm³/mol. The lowest BCUT2D eigenvalue weighted by Crippen LogP contribution is -2.37. The summed E-state index contributed by atoms with van der Waals surface area (Å²) >= 11 is 0. The number of non-ortho nitro benzene ring substituents is 1. The van der Waals surface area contributed by atoms with Crippen molar-refractivity contribution in [1.82, 2.24) is 9.88 Å². The number of rotatable bonds is 4. The molecule has 0 bridgehead atoms. The molecule has 1 fully saturated rings. The Morgan fingerprint density at radius 2 is 2.19 bits per heavy atom. The number of nitrogens with zero attached hydrogens (tertiary/aromatic N) is 3. The molecule has 1 unspecified atom stereocenters. The maximum Gasteiger partial charge on any atom is 0.270 e. The molecule has 3 rings (SSSR count). The Morgan fingerprint density at radius 1 is 1.35 bits per heavy atom. The summed E-state index contributed by atoms with van der Waals surface area (Å²) in [7, 11) is 0. The molecule has 0 spiro atoms. The lowest BCUT2D eigenvalue weighted by atomic mass is 9.96. The molecule has 1 aliphatic heterocycles. The van der Waals surface area contributed by atoms with Gasteiger partial charge in [0.1, 0.15) is 5.75 Å². The number of nitro benzene ring substituents is 1. The van der Waals surface area contributed by atoms with Gasteiger partial charge in [-0.05, 0) is 43.0 Å². The molecule has 1 aliphatic rings. The average molecular weight is 353 g/mol. The zero-order chi connectivity index (χ0) is 18.5. The molecule has 134 valence electrons. The Bertz CT molecular complexity index is 836. The first-order chi connectivity index (χ1) is 12.6. The van der Waals surface area contributed by atoms with Crippen molar-refractivity contribution in [3.8, 4) is 5.75 Å². The van der Waals surface area contributed by atoms with E-state index in [1.165, 1.54) is 30.4 Å². The fourth-order valence-electron chi connectivity index (χ4n) is 3.16. The van der Waals surface area contributed by atoms with Crippen LogP contribution in [0.4, 0.5) is 5.69 Å². The highest BCUT2D eigenvalue weighted by molar-refractivity contribution is 5.92. The molecule has 1 N–H and O–H groups in total. The van der Waals surface area contributed by atoms with Gasteiger partial charge in [-0.25, -0.2) is 0 Å². The third-order valence-electron chi connectivity index (χ3n) is 4.48. The fourth-order valence-corrected chi connectivity index (χ4v) is 3.16. The van der Waals surface area contributed by atoms with Crippen LogP contribution in [0.15, 0.2) is 48.8 Å². The number of phenolic OH excluding ortho intramolecular Hbond substituents is 1. The maximum atomic E-state index is 12.7. The number of likely N-dealkylation sites (tertiary alicyclic amines) is 1. The van der Waals surface area contributed by atoms with Gasteiger partial charge in [0, 0.05) is 42.7 Å². The zero-order valence-electron chi connectivity index (χ0n) is 14.1. The molecule has 2 heterocycles. The minimum Gasteiger partial charge on any atom is -0.507 e. The molecule has 0 aliphatic carbocycles. The number of carbonyl (C=O) groups is 1. The number of hydrogen-bond donors (Lipinski definition) is 1. The van der Waals surface area contributed by atoms with Gasteiger partial charge in [0.25, 0.3) is 5.69 Å². The molecule has 2 aromatic rings. The van der Waals surface area contributed by atoms with E-state index in [4.69, 9.17) is 0 Å². The Labute approximate surface area is 150 Å². The minimum absolute atomic E-state index is 0.0340. The van der Waals surface area contributed by atoms with Crippen molar-refractivity contribution in [2.75, 3.05) is 6.54 Å². The summed E-state index contributed by atoms with van der Waals surface area (Å²) in [5.74, 6) is -0.299. The molecule has 7 heteroatoms. The number of benzene rings is 1. The fraction of sp³-hybridized carbons (Fsp3) is 0.263. The number of pyridine rings is 1. The second-order valence-corrected chi connectivity index (χ2v) is 6.16. The maximum absolute atomic E-state index is 12.7. The summed E-state index contributed by atoms with van der Waals surface area (Å²) in [6.45, 7) is 0.643. The first-order valence-corrected chi connectivity index (χ1v) is 8.42. The van der Waals surface area contributed by atoms with Crippen molar-refractivity contribution in [3.63, 3.8) is 0 Å². The SMILES string of the molecule is O=C(C=Cc1cc([N+](=O)[O-])ccc1O)N1CCCCC1c1cccnc1. The first kappa shape index (κ1) is 17.6. The van der Waals surface area contributed by atoms with Gasteiger partial charge in [0.05, 0.1) is 11.0 Å². The van der Waals surface area contributed by atoms with Gasteiger partial charge in [-0.2, -0.15) is 0 Å². The highest BCUT2D eigenvalue weighted by Gasteiger charge is 2.26. The number of aromatic hydroxyl groups is 1. The van der Waals surface area contributed by atoms with Crippen LogP contribution < -0.4 is 0 Å². The lowest BCUT2D eigenvalue weighted by Gasteiger charge is -2.35. The third kappa shape index (κ3) is 3.88. The third-order valence-corrected chi connectivity index (χ3v) is 4.48. The summed E-state index contributed by atoms with van der Waals surface area (Å²) in [5, 5.41) is 20.7. The van der Waals surface area contributed by atoms with Gasteiger partial charge in [0.2, 0.25) is 5.91 Å². The monoisotopic (exact) mass is 353 g/mol. The van der Waals surface area contributed by atoms with E-state index in [1.54, 1.807) is 17.3 Å². The standard InChI is InChI=1S/C19H19N3O4/c23-18-8-7-16(22(25)26)12-14(18)6-9-19(24)21-11-2-1-5-17(21)15-4-3-10-20-13-15/h3-4,6-10,12-13,17,23H,1-2,5,11H2. The van der Waals surface area contributed by atoms with Crippen LogP contribution in [0.25, 0.3) is 6.08 Å². The Hall–Kier alpha value is -3.22. The van der Waals surface area contributed by atoms with E-state index in [-0.39, 0.29) is 28.9 Å². The number of aromatic nitrogens is 1. The van der Waals surface area contributed by atoms with Gasteiger partial charge in [-0.1, -0.05) is 6.07 Å². The van der Waals surface area contributed by atoms with Gasteiger partial charge < -0.3 is 10.0 Å². The Balaban J connectivity index is 1.81. The lowest BCUT2D eigenvalue weighted by molar-refractivity contribution is -0.384. The van der Waals surface area contributed by atoms with E-state index >= 15 is 0 Å². The number of phenols is 1. The van der Waals surface area contributed by atoms with Gasteiger partial charge in [0.15, 0.2) is 0 Å². The zero-order valence-corrected chi connectivity index (χ0v) is 14.1. The summed E-state index contributed by atoms with van der Waals surface area (Å²) in [6, 6.07) is 7.49. The van der Waals surface area contributed by atoms with E-state index in [0.717, 1.165) is 24.8 Å². The van der Waals surface area contributed by atoms with Crippen LogP contribution >= 0.6 is 0 Å². The van der Waals surface area contributed by atoms with Crippen LogP contribution in [0.1, 0.15) is 36.4 Å². The van der Waals surface area contributed by atoms with Crippen LogP contribution in [-0.2, 0) is 4.79 Å². The van der Waals surface area contributed by atoms with E-state index in [0.29, 0.717) is 6.54 Å². The minimum atomic E-state index is -0.540. The van der Waals surface area contributed by atoms with Crippen LogP contribution in [0, 0.1) is 10.1 Å². The highest BCUT2D eigenvalue weighted by atomic mass is 16.6. The summed E-state index contributed by atoms with van der Waals surface area (Å²) in [4.78, 5) is 28.9. The van der Waals surface area contributed by atoms with E-state index in [2.05, 4.69) is 4.98 Å². The Morgan fingerprint density at radius 3 is 2.92 bits per heavy atom. The van der Waals surface area contributed by atoms with Crippen molar-refractivity contribution >= 4 is 17.7 Å². The van der Waals surface area contributed by atoms with E-state index in [9.17, 15) is 20.0 Å². The van der Waals surface area contributed by atoms with Crippen molar-refractivity contribution < 1.29 is 14.8 Å². The number of amides is 1. The van der Waals surface area contributed by atoms with E-state index < -0.39 is 4.92 Å². The molecule has 26 heavy (non-hydrogen) atoms. The normalized spacial score (nSPS) is 17.4. The molecule has 0 radical (unpaired) electrons. The predicted octanol–water partition coefficient (Wildman–Crippen LogP) is 3.46. The molecule has 1 atom stereocenters. The highest BCUT2D eigenvalue weighted by Crippen LogP contribution is 2.31. The molecule has 1 aromatic carbocycles. The largest absolute Gasteiger partial charge is 0.507 e. The second-order valence-electron chi connectivity index (χ2n) is 6.16. The van der Waals surface area contributed by atoms with Gasteiger partial charge in [-0.3, -0.25) is 19.9 Å². The number of carbonyl (C=O) groups excluding carboxylic acids is 1. The van der Waals surface area contributed by atoms with Crippen LogP contribution in [0.2, 0.25) is 0 Å². The number of hydrogen-bond acceptors (Lipinski definition) is 5. The molecule has 0 saturated carbocycles. The van der Waals surface area contributed by atoms with E-state index in [1.807, 2.05) is 12.1 Å². The molecule has 7 nitrogen and oxygen atoms in total. The number of nitro groups is 1. The van der Waals surface area contributed by atoms with Crippen molar-refractivity contribution in [1.29, 1.82) is 0 Å². The van der Waals surface area contributed by atoms with Crippen LogP contribution in [-0.4, -0.2) is 32.4 Å². The number of piperidine rings is 1. The average Bonchev–Trinajstić information content (AvgIpc) is 2.67. The smallest absolute Gasteiger partial charge is 0.270 e. The molecular formula is C19H19N3O4. The second kappa shape index (κ2) is 7.77. The van der Waals surface area contributed by atoms with Gasteiger partial charge >= 0.3 is 0 Å². The van der Waals surface area contributed by atoms with Crippen molar-refractivity contribution in [2.24, 2.45) is 0 Å². The molecular weight excluding hydrogens is 334 g/mol. The van der Waals surface area contributed by atoms with Crippen LogP contribution in [0.3, 0.4) is 0 Å². The molecule has 1 aromatic heterocycles. The first-order valence-electron chi connectivity index (χ1n) is 8.42. The summed E-state index contributed by atoms with van der Waals surface area (Å²) in [5.41, 5.74) is 1.09. The quantitative estimate of drug-likeness (QED) is 0.516. The van der Waals surface area contributed by atoms with Gasteiger partial charge in [-0.15, -0.1) is 0 Å². The molecule has 1 amide bonds. The summed E-state index contributed by atoms with van der Waals surface area (Å²) in [6.07, 6.45) is 9.08. The summed E-state index contributed by atoms with van der Waals surface area (Å²) < 4.78 is 0. The molecule has 1 saturated heterocycles. The topological polar surface area (TPSA) is 96.6 Å². The van der Waals surface area contributed by atoms with Crippen molar-refractivity contribution in [2.45, 2.75) is 25.3 Å².